The lowest BCUT2D eigenvalue weighted by molar-refractivity contribution is 0.431. The second-order valence-electron chi connectivity index (χ2n) is 8.96. The minimum Gasteiger partial charge on any atom is -0.507 e. The monoisotopic (exact) mass is 444 g/mol. The van der Waals surface area contributed by atoms with Crippen LogP contribution in [0.3, 0.4) is 0 Å². The first-order valence-corrected chi connectivity index (χ1v) is 11.7. The van der Waals surface area contributed by atoms with Gasteiger partial charge in [0.25, 0.3) is 0 Å². The van der Waals surface area contributed by atoms with Crippen molar-refractivity contribution in [2.24, 2.45) is 0 Å². The molecular formula is C31H24O3. The van der Waals surface area contributed by atoms with Crippen LogP contribution in [0, 0.1) is 0 Å². The molecule has 34 heavy (non-hydrogen) atoms. The van der Waals surface area contributed by atoms with Crippen molar-refractivity contribution in [1.82, 2.24) is 0 Å². The summed E-state index contributed by atoms with van der Waals surface area (Å²) < 4.78 is 5.69. The third-order valence-electron chi connectivity index (χ3n) is 7.09. The zero-order valence-corrected chi connectivity index (χ0v) is 18.6. The minimum absolute atomic E-state index is 0.0273. The van der Waals surface area contributed by atoms with Crippen LogP contribution < -0.4 is 5.63 Å². The summed E-state index contributed by atoms with van der Waals surface area (Å²) in [5.74, 6) is -0.206. The van der Waals surface area contributed by atoms with E-state index in [1.807, 2.05) is 36.4 Å². The fraction of sp³-hybridized carbons (Fsp3) is 0.129. The number of aromatic hydroxyl groups is 1. The molecular weight excluding hydrogens is 420 g/mol. The van der Waals surface area contributed by atoms with Gasteiger partial charge in [0, 0.05) is 5.92 Å². The van der Waals surface area contributed by atoms with Crippen LogP contribution in [0.2, 0.25) is 0 Å². The molecule has 4 aromatic carbocycles. The van der Waals surface area contributed by atoms with Crippen molar-refractivity contribution in [1.29, 1.82) is 0 Å². The van der Waals surface area contributed by atoms with Crippen LogP contribution in [0.4, 0.5) is 0 Å². The van der Waals surface area contributed by atoms with Crippen LogP contribution >= 0.6 is 0 Å². The summed E-state index contributed by atoms with van der Waals surface area (Å²) in [6.45, 7) is 0. The van der Waals surface area contributed by atoms with E-state index in [1.54, 1.807) is 18.2 Å². The van der Waals surface area contributed by atoms with Crippen molar-refractivity contribution in [2.45, 2.75) is 24.7 Å². The van der Waals surface area contributed by atoms with Crippen LogP contribution in [-0.4, -0.2) is 5.11 Å². The fourth-order valence-electron chi connectivity index (χ4n) is 5.45. The molecule has 6 rings (SSSR count). The van der Waals surface area contributed by atoms with Crippen molar-refractivity contribution in [3.05, 3.63) is 136 Å². The molecule has 0 fully saturated rings. The Hall–Kier alpha value is -4.11. The molecule has 0 saturated heterocycles. The molecule has 1 aromatic heterocycles. The zero-order valence-electron chi connectivity index (χ0n) is 18.6. The van der Waals surface area contributed by atoms with E-state index >= 15 is 0 Å². The highest BCUT2D eigenvalue weighted by Crippen LogP contribution is 2.48. The molecule has 0 spiro atoms. The minimum atomic E-state index is -0.469. The molecule has 166 valence electrons. The van der Waals surface area contributed by atoms with Gasteiger partial charge in [-0.3, -0.25) is 0 Å². The Bertz CT molecular complexity index is 1530. The summed E-state index contributed by atoms with van der Waals surface area (Å²) >= 11 is 0. The predicted octanol–water partition coefficient (Wildman–Crippen LogP) is 7.03. The van der Waals surface area contributed by atoms with E-state index in [1.165, 1.54) is 11.1 Å². The molecule has 2 unspecified atom stereocenters. The summed E-state index contributed by atoms with van der Waals surface area (Å²) in [5, 5.41) is 11.9. The van der Waals surface area contributed by atoms with E-state index in [-0.39, 0.29) is 17.6 Å². The van der Waals surface area contributed by atoms with Gasteiger partial charge in [0.1, 0.15) is 11.3 Å². The molecule has 3 nitrogen and oxygen atoms in total. The van der Waals surface area contributed by atoms with Gasteiger partial charge in [-0.25, -0.2) is 4.79 Å². The van der Waals surface area contributed by atoms with E-state index in [0.717, 1.165) is 29.5 Å². The number of para-hydroxylation sites is 1. The second kappa shape index (κ2) is 8.35. The lowest BCUT2D eigenvalue weighted by Crippen LogP contribution is -2.25. The van der Waals surface area contributed by atoms with Crippen LogP contribution in [-0.2, 0) is 6.42 Å². The molecule has 1 heterocycles. The van der Waals surface area contributed by atoms with Gasteiger partial charge < -0.3 is 9.52 Å². The number of hydrogen-bond acceptors (Lipinski definition) is 3. The SMILES string of the molecule is O=c1oc2ccccc2c(O)c1C1c2ccccc2CCC1c1ccc(-c2ccccc2)cc1. The van der Waals surface area contributed by atoms with Gasteiger partial charge in [-0.05, 0) is 58.7 Å². The Morgan fingerprint density at radius 2 is 1.41 bits per heavy atom. The maximum atomic E-state index is 13.3. The van der Waals surface area contributed by atoms with Gasteiger partial charge in [-0.2, -0.15) is 0 Å². The fourth-order valence-corrected chi connectivity index (χ4v) is 5.45. The van der Waals surface area contributed by atoms with E-state index < -0.39 is 5.63 Å². The molecule has 1 aliphatic rings. The Labute approximate surface area is 197 Å². The van der Waals surface area contributed by atoms with E-state index in [2.05, 4.69) is 48.5 Å². The smallest absolute Gasteiger partial charge is 0.343 e. The predicted molar refractivity (Wildman–Crippen MR) is 135 cm³/mol. The maximum absolute atomic E-state index is 13.3. The van der Waals surface area contributed by atoms with Crippen molar-refractivity contribution < 1.29 is 9.52 Å². The Morgan fingerprint density at radius 3 is 2.24 bits per heavy atom. The number of benzene rings is 4. The second-order valence-corrected chi connectivity index (χ2v) is 8.96. The van der Waals surface area contributed by atoms with Gasteiger partial charge in [0.05, 0.1) is 10.9 Å². The van der Waals surface area contributed by atoms with Crippen LogP contribution in [0.15, 0.2) is 112 Å². The lowest BCUT2D eigenvalue weighted by Gasteiger charge is -2.34. The molecule has 2 atom stereocenters. The quantitative estimate of drug-likeness (QED) is 0.304. The van der Waals surface area contributed by atoms with Crippen LogP contribution in [0.5, 0.6) is 5.75 Å². The number of aryl methyl sites for hydroxylation is 1. The molecule has 0 bridgehead atoms. The molecule has 5 aromatic rings. The first-order valence-electron chi connectivity index (χ1n) is 11.7. The Balaban J connectivity index is 1.51. The van der Waals surface area contributed by atoms with Gasteiger partial charge >= 0.3 is 5.63 Å². The molecule has 0 radical (unpaired) electrons. The van der Waals surface area contributed by atoms with E-state index in [4.69, 9.17) is 4.42 Å². The summed E-state index contributed by atoms with van der Waals surface area (Å²) in [5.41, 5.74) is 6.08. The summed E-state index contributed by atoms with van der Waals surface area (Å²) in [4.78, 5) is 13.3. The third-order valence-corrected chi connectivity index (χ3v) is 7.09. The molecule has 0 saturated carbocycles. The zero-order chi connectivity index (χ0) is 23.1. The Kier molecular flexibility index (Phi) is 5.03. The van der Waals surface area contributed by atoms with Crippen molar-refractivity contribution >= 4 is 11.0 Å². The summed E-state index contributed by atoms with van der Waals surface area (Å²) in [6, 6.07) is 34.3. The number of hydrogen-bond donors (Lipinski definition) is 1. The Morgan fingerprint density at radius 1 is 0.735 bits per heavy atom. The van der Waals surface area contributed by atoms with Gasteiger partial charge in [0.15, 0.2) is 0 Å². The standard InChI is InChI=1S/C31H24O3/c32-30-26-12-6-7-13-27(26)34-31(33)29(30)28-24-11-5-4-10-22(24)18-19-25(28)23-16-14-21(15-17-23)20-8-2-1-3-9-20/h1-17,25,28,32H,18-19H2. The van der Waals surface area contributed by atoms with Crippen LogP contribution in [0.25, 0.3) is 22.1 Å². The van der Waals surface area contributed by atoms with Gasteiger partial charge in [-0.15, -0.1) is 0 Å². The highest BCUT2D eigenvalue weighted by atomic mass is 16.4. The molecule has 0 amide bonds. The topological polar surface area (TPSA) is 50.4 Å². The van der Waals surface area contributed by atoms with Gasteiger partial charge in [0.2, 0.25) is 0 Å². The van der Waals surface area contributed by atoms with Crippen molar-refractivity contribution in [3.63, 3.8) is 0 Å². The lowest BCUT2D eigenvalue weighted by atomic mass is 9.69. The average Bonchev–Trinajstić information content (AvgIpc) is 2.89. The largest absolute Gasteiger partial charge is 0.507 e. The van der Waals surface area contributed by atoms with E-state index in [0.29, 0.717) is 16.5 Å². The molecule has 0 aliphatic heterocycles. The number of fused-ring (bicyclic) bond motifs is 2. The number of rotatable bonds is 3. The maximum Gasteiger partial charge on any atom is 0.343 e. The average molecular weight is 445 g/mol. The first-order chi connectivity index (χ1) is 16.7. The molecule has 1 N–H and O–H groups in total. The van der Waals surface area contributed by atoms with Crippen molar-refractivity contribution in [2.75, 3.05) is 0 Å². The third kappa shape index (κ3) is 3.41. The van der Waals surface area contributed by atoms with Gasteiger partial charge in [-0.1, -0.05) is 91.0 Å². The van der Waals surface area contributed by atoms with Crippen LogP contribution in [0.1, 0.15) is 40.5 Å². The summed E-state index contributed by atoms with van der Waals surface area (Å²) in [7, 11) is 0. The highest BCUT2D eigenvalue weighted by Gasteiger charge is 2.36. The normalized spacial score (nSPS) is 17.4. The molecule has 1 aliphatic carbocycles. The first kappa shape index (κ1) is 20.5. The highest BCUT2D eigenvalue weighted by molar-refractivity contribution is 5.84. The van der Waals surface area contributed by atoms with E-state index in [9.17, 15) is 9.90 Å². The van der Waals surface area contributed by atoms with Crippen molar-refractivity contribution in [3.8, 4) is 16.9 Å². The molecule has 3 heteroatoms. The summed E-state index contributed by atoms with van der Waals surface area (Å²) in [6.07, 6.45) is 1.82.